The van der Waals surface area contributed by atoms with Crippen molar-refractivity contribution in [1.29, 1.82) is 0 Å². The summed E-state index contributed by atoms with van der Waals surface area (Å²) in [6, 6.07) is 8.50. The zero-order chi connectivity index (χ0) is 14.5. The lowest BCUT2D eigenvalue weighted by Crippen LogP contribution is -2.14. The second-order valence-electron chi connectivity index (χ2n) is 4.96. The lowest BCUT2D eigenvalue weighted by Gasteiger charge is -2.14. The van der Waals surface area contributed by atoms with Crippen LogP contribution in [0.3, 0.4) is 0 Å². The highest BCUT2D eigenvalue weighted by atomic mass is 15.1. The van der Waals surface area contributed by atoms with Gasteiger partial charge in [-0.3, -0.25) is 0 Å². The van der Waals surface area contributed by atoms with E-state index in [1.165, 1.54) is 11.9 Å². The number of rotatable bonds is 5. The molecule has 0 radical (unpaired) electrons. The Morgan fingerprint density at radius 1 is 1.10 bits per heavy atom. The third-order valence-corrected chi connectivity index (χ3v) is 2.93. The van der Waals surface area contributed by atoms with Gasteiger partial charge in [0.25, 0.3) is 0 Å². The van der Waals surface area contributed by atoms with Gasteiger partial charge in [-0.15, -0.1) is 0 Å². The number of hydrogen-bond donors (Lipinski definition) is 3. The van der Waals surface area contributed by atoms with Crippen molar-refractivity contribution in [3.8, 4) is 0 Å². The molecular formula is C15H21N5. The van der Waals surface area contributed by atoms with Crippen LogP contribution in [0.25, 0.3) is 0 Å². The second-order valence-corrected chi connectivity index (χ2v) is 4.96. The summed E-state index contributed by atoms with van der Waals surface area (Å²) in [6.07, 6.45) is 2.53. The van der Waals surface area contributed by atoms with E-state index in [9.17, 15) is 0 Å². The molecule has 1 heterocycles. The fourth-order valence-electron chi connectivity index (χ4n) is 1.84. The third-order valence-electron chi connectivity index (χ3n) is 2.93. The average Bonchev–Trinajstić information content (AvgIpc) is 2.43. The van der Waals surface area contributed by atoms with Gasteiger partial charge in [0.05, 0.1) is 0 Å². The minimum absolute atomic E-state index is 0.267. The number of anilines is 4. The predicted molar refractivity (Wildman–Crippen MR) is 84.3 cm³/mol. The molecule has 0 aliphatic carbocycles. The lowest BCUT2D eigenvalue weighted by molar-refractivity contribution is 0.887. The Hall–Kier alpha value is -2.30. The largest absolute Gasteiger partial charge is 0.393 e. The first-order valence-corrected chi connectivity index (χ1v) is 6.83. The van der Waals surface area contributed by atoms with E-state index >= 15 is 0 Å². The van der Waals surface area contributed by atoms with Gasteiger partial charge in [0.1, 0.15) is 12.0 Å². The predicted octanol–water partition coefficient (Wildman–Crippen LogP) is 3.19. The number of nitrogens with zero attached hydrogens (tertiary/aromatic N) is 2. The molecule has 5 nitrogen and oxygen atoms in total. The van der Waals surface area contributed by atoms with Gasteiger partial charge in [-0.25, -0.2) is 9.97 Å². The number of benzene rings is 1. The minimum atomic E-state index is 0.267. The molecule has 2 rings (SSSR count). The number of aromatic nitrogens is 2. The molecule has 0 saturated carbocycles. The summed E-state index contributed by atoms with van der Waals surface area (Å²) in [6.45, 7) is 6.21. The van der Waals surface area contributed by atoms with Gasteiger partial charge in [-0.05, 0) is 38.0 Å². The Morgan fingerprint density at radius 2 is 1.75 bits per heavy atom. The van der Waals surface area contributed by atoms with Crippen molar-refractivity contribution < 1.29 is 0 Å². The molecule has 0 saturated heterocycles. The highest BCUT2D eigenvalue weighted by Crippen LogP contribution is 2.26. The van der Waals surface area contributed by atoms with Crippen LogP contribution < -0.4 is 16.4 Å². The van der Waals surface area contributed by atoms with Crippen LogP contribution in [-0.4, -0.2) is 16.0 Å². The molecule has 0 atom stereocenters. The summed E-state index contributed by atoms with van der Waals surface area (Å²) in [7, 11) is 0. The van der Waals surface area contributed by atoms with Gasteiger partial charge in [0, 0.05) is 11.7 Å². The molecule has 20 heavy (non-hydrogen) atoms. The van der Waals surface area contributed by atoms with Crippen molar-refractivity contribution in [2.24, 2.45) is 0 Å². The molecule has 1 aromatic heterocycles. The monoisotopic (exact) mass is 271 g/mol. The number of aryl methyl sites for hydroxylation is 1. The third kappa shape index (κ3) is 3.38. The molecule has 106 valence electrons. The fourth-order valence-corrected chi connectivity index (χ4v) is 1.84. The van der Waals surface area contributed by atoms with Crippen LogP contribution in [0.15, 0.2) is 30.6 Å². The van der Waals surface area contributed by atoms with Crippen LogP contribution >= 0.6 is 0 Å². The van der Waals surface area contributed by atoms with Crippen molar-refractivity contribution in [3.05, 3.63) is 36.2 Å². The molecule has 0 aliphatic heterocycles. The molecule has 0 amide bonds. The average molecular weight is 271 g/mol. The lowest BCUT2D eigenvalue weighted by atomic mass is 10.1. The second kappa shape index (κ2) is 6.23. The van der Waals surface area contributed by atoms with E-state index < -0.39 is 0 Å². The molecule has 4 N–H and O–H groups in total. The molecule has 0 spiro atoms. The van der Waals surface area contributed by atoms with Crippen molar-refractivity contribution in [3.63, 3.8) is 0 Å². The smallest absolute Gasteiger partial charge is 0.159 e. The standard InChI is InChI=1S/C15H21N5/c1-4-11-5-7-12(8-6-11)20-15-13(16)14(17-9-18-15)19-10(2)3/h5-10H,4,16H2,1-3H3,(H2,17,18,19,20). The highest BCUT2D eigenvalue weighted by molar-refractivity contribution is 5.77. The Balaban J connectivity index is 2.20. The first-order valence-electron chi connectivity index (χ1n) is 6.83. The van der Waals surface area contributed by atoms with Gasteiger partial charge in [0.15, 0.2) is 11.6 Å². The first kappa shape index (κ1) is 14.1. The van der Waals surface area contributed by atoms with Crippen LogP contribution in [0.4, 0.5) is 23.0 Å². The SMILES string of the molecule is CCc1ccc(Nc2ncnc(NC(C)C)c2N)cc1. The van der Waals surface area contributed by atoms with E-state index in [0.29, 0.717) is 17.3 Å². The Labute approximate surface area is 119 Å². The maximum atomic E-state index is 6.09. The van der Waals surface area contributed by atoms with Crippen LogP contribution in [0.2, 0.25) is 0 Å². The molecule has 0 unspecified atom stereocenters. The van der Waals surface area contributed by atoms with Gasteiger partial charge < -0.3 is 16.4 Å². The van der Waals surface area contributed by atoms with Crippen LogP contribution in [0.1, 0.15) is 26.3 Å². The first-order chi connectivity index (χ1) is 9.60. The maximum absolute atomic E-state index is 6.09. The summed E-state index contributed by atoms with van der Waals surface area (Å²) in [5, 5.41) is 6.42. The molecule has 0 fully saturated rings. The Bertz CT molecular complexity index is 563. The molecule has 0 aliphatic rings. The number of nitrogens with two attached hydrogens (primary N) is 1. The normalized spacial score (nSPS) is 10.6. The van der Waals surface area contributed by atoms with E-state index in [2.05, 4.69) is 39.7 Å². The summed E-state index contributed by atoms with van der Waals surface area (Å²) >= 11 is 0. The summed E-state index contributed by atoms with van der Waals surface area (Å²) in [5.41, 5.74) is 8.87. The zero-order valence-corrected chi connectivity index (χ0v) is 12.1. The van der Waals surface area contributed by atoms with Crippen LogP contribution in [0, 0.1) is 0 Å². The van der Waals surface area contributed by atoms with Crippen LogP contribution in [-0.2, 0) is 6.42 Å². The molecule has 2 aromatic rings. The van der Waals surface area contributed by atoms with E-state index in [1.54, 1.807) is 0 Å². The summed E-state index contributed by atoms with van der Waals surface area (Å²) < 4.78 is 0. The number of nitrogens with one attached hydrogen (secondary N) is 2. The highest BCUT2D eigenvalue weighted by Gasteiger charge is 2.09. The molecule has 0 bridgehead atoms. The van der Waals surface area contributed by atoms with E-state index in [-0.39, 0.29) is 6.04 Å². The van der Waals surface area contributed by atoms with Gasteiger partial charge in [-0.2, -0.15) is 0 Å². The van der Waals surface area contributed by atoms with E-state index in [0.717, 1.165) is 12.1 Å². The van der Waals surface area contributed by atoms with Gasteiger partial charge in [0.2, 0.25) is 0 Å². The van der Waals surface area contributed by atoms with Crippen molar-refractivity contribution in [1.82, 2.24) is 9.97 Å². The van der Waals surface area contributed by atoms with Crippen molar-refractivity contribution in [2.45, 2.75) is 33.2 Å². The van der Waals surface area contributed by atoms with Crippen molar-refractivity contribution >= 4 is 23.0 Å². The molecule has 1 aromatic carbocycles. The quantitative estimate of drug-likeness (QED) is 0.778. The van der Waals surface area contributed by atoms with Gasteiger partial charge in [-0.1, -0.05) is 19.1 Å². The van der Waals surface area contributed by atoms with Crippen molar-refractivity contribution in [2.75, 3.05) is 16.4 Å². The maximum Gasteiger partial charge on any atom is 0.159 e. The summed E-state index contributed by atoms with van der Waals surface area (Å²) in [5.74, 6) is 1.27. The Kier molecular flexibility index (Phi) is 4.40. The fraction of sp³-hybridized carbons (Fsp3) is 0.333. The zero-order valence-electron chi connectivity index (χ0n) is 12.1. The van der Waals surface area contributed by atoms with E-state index in [1.807, 2.05) is 26.0 Å². The molecule has 5 heteroatoms. The molecular weight excluding hydrogens is 250 g/mol. The van der Waals surface area contributed by atoms with Crippen LogP contribution in [0.5, 0.6) is 0 Å². The van der Waals surface area contributed by atoms with Gasteiger partial charge >= 0.3 is 0 Å². The topological polar surface area (TPSA) is 75.9 Å². The number of hydrogen-bond acceptors (Lipinski definition) is 5. The minimum Gasteiger partial charge on any atom is -0.393 e. The number of nitrogen functional groups attached to an aromatic ring is 1. The van der Waals surface area contributed by atoms with E-state index in [4.69, 9.17) is 5.73 Å². The summed E-state index contributed by atoms with van der Waals surface area (Å²) in [4.78, 5) is 8.36. The Morgan fingerprint density at radius 3 is 2.35 bits per heavy atom.